The summed E-state index contributed by atoms with van der Waals surface area (Å²) < 4.78 is 39.4. The lowest BCUT2D eigenvalue weighted by Crippen LogP contribution is -2.35. The molecule has 1 atom stereocenters. The Morgan fingerprint density at radius 3 is 2.36 bits per heavy atom. The summed E-state index contributed by atoms with van der Waals surface area (Å²) in [6.45, 7) is 2.18. The van der Waals surface area contributed by atoms with Gasteiger partial charge in [-0.15, -0.1) is 0 Å². The van der Waals surface area contributed by atoms with E-state index in [-0.39, 0.29) is 11.7 Å². The molecule has 4 aromatic rings. The summed E-state index contributed by atoms with van der Waals surface area (Å²) in [6.07, 6.45) is 2.15. The molecule has 0 radical (unpaired) electrons. The fourth-order valence-corrected chi connectivity index (χ4v) is 5.50. The Kier molecular flexibility index (Phi) is 6.65. The van der Waals surface area contributed by atoms with Crippen molar-refractivity contribution in [3.05, 3.63) is 102 Å². The summed E-state index contributed by atoms with van der Waals surface area (Å²) in [5.41, 5.74) is 2.63. The third-order valence-corrected chi connectivity index (χ3v) is 7.74. The topological polar surface area (TPSA) is 81.7 Å². The van der Waals surface area contributed by atoms with E-state index in [0.717, 1.165) is 34.7 Å². The molecule has 36 heavy (non-hydrogen) atoms. The van der Waals surface area contributed by atoms with Crippen LogP contribution in [0.5, 0.6) is 11.5 Å². The van der Waals surface area contributed by atoms with Gasteiger partial charge in [0.05, 0.1) is 10.8 Å². The van der Waals surface area contributed by atoms with Crippen molar-refractivity contribution in [3.8, 4) is 11.5 Å². The van der Waals surface area contributed by atoms with Crippen LogP contribution in [-0.2, 0) is 27.7 Å². The molecule has 1 aliphatic rings. The number of hydrogen-bond acceptors (Lipinski definition) is 5. The quantitative estimate of drug-likeness (QED) is 0.352. The fraction of sp³-hybridized carbons (Fsp3) is 0.207. The highest BCUT2D eigenvalue weighted by atomic mass is 32.2. The predicted molar refractivity (Wildman–Crippen MR) is 139 cm³/mol. The first-order chi connectivity index (χ1) is 17.4. The number of carbonyl (C=O) groups is 1. The second-order valence-electron chi connectivity index (χ2n) is 8.91. The summed E-state index contributed by atoms with van der Waals surface area (Å²) in [6, 6.07) is 25.9. The molecule has 7 heteroatoms. The van der Waals surface area contributed by atoms with Gasteiger partial charge in [0.2, 0.25) is 12.7 Å². The summed E-state index contributed by atoms with van der Waals surface area (Å²) in [7, 11) is -4.04. The van der Waals surface area contributed by atoms with Crippen molar-refractivity contribution < 1.29 is 22.7 Å². The van der Waals surface area contributed by atoms with Crippen LogP contribution in [0.4, 0.5) is 0 Å². The molecule has 1 amide bonds. The molecule has 0 bridgehead atoms. The van der Waals surface area contributed by atoms with Crippen LogP contribution in [0.3, 0.4) is 0 Å². The van der Waals surface area contributed by atoms with E-state index in [2.05, 4.69) is 11.6 Å². The molecule has 5 rings (SSSR count). The third kappa shape index (κ3) is 5.06. The average molecular weight is 502 g/mol. The van der Waals surface area contributed by atoms with Crippen molar-refractivity contribution in [2.24, 2.45) is 0 Å². The number of nitrogens with one attached hydrogen (secondary N) is 1. The van der Waals surface area contributed by atoms with Crippen LogP contribution < -0.4 is 14.2 Å². The van der Waals surface area contributed by atoms with E-state index in [4.69, 9.17) is 9.47 Å². The van der Waals surface area contributed by atoms with E-state index < -0.39 is 21.8 Å². The molecule has 6 nitrogen and oxygen atoms in total. The maximum atomic E-state index is 13.5. The van der Waals surface area contributed by atoms with Gasteiger partial charge in [-0.3, -0.25) is 4.79 Å². The highest BCUT2D eigenvalue weighted by molar-refractivity contribution is 7.90. The van der Waals surface area contributed by atoms with Crippen LogP contribution in [0.2, 0.25) is 0 Å². The monoisotopic (exact) mass is 501 g/mol. The van der Waals surface area contributed by atoms with Crippen molar-refractivity contribution in [2.75, 3.05) is 6.79 Å². The molecule has 1 unspecified atom stereocenters. The number of amides is 1. The summed E-state index contributed by atoms with van der Waals surface area (Å²) in [5, 5.41) is 2.15. The van der Waals surface area contributed by atoms with E-state index >= 15 is 0 Å². The number of fused-ring (bicyclic) bond motifs is 2. The number of aryl methyl sites for hydroxylation is 1. The Bertz CT molecular complexity index is 1510. The predicted octanol–water partition coefficient (Wildman–Crippen LogP) is 5.35. The van der Waals surface area contributed by atoms with Crippen molar-refractivity contribution >= 4 is 26.7 Å². The Morgan fingerprint density at radius 2 is 1.58 bits per heavy atom. The summed E-state index contributed by atoms with van der Waals surface area (Å²) in [4.78, 5) is 13.6. The van der Waals surface area contributed by atoms with Gasteiger partial charge in [-0.05, 0) is 64.6 Å². The van der Waals surface area contributed by atoms with Crippen LogP contribution in [0.25, 0.3) is 10.8 Å². The molecule has 4 aromatic carbocycles. The van der Waals surface area contributed by atoms with Gasteiger partial charge < -0.3 is 9.47 Å². The van der Waals surface area contributed by atoms with Crippen LogP contribution in [0.15, 0.2) is 89.8 Å². The third-order valence-electron chi connectivity index (χ3n) is 6.38. The number of carbonyl (C=O) groups excluding carboxylic acids is 1. The van der Waals surface area contributed by atoms with Crippen molar-refractivity contribution in [1.82, 2.24) is 4.72 Å². The zero-order valence-corrected chi connectivity index (χ0v) is 20.8. The second kappa shape index (κ2) is 10.0. The lowest BCUT2D eigenvalue weighted by Gasteiger charge is -2.18. The molecule has 0 fully saturated rings. The van der Waals surface area contributed by atoms with Crippen molar-refractivity contribution in [2.45, 2.75) is 37.0 Å². The zero-order valence-electron chi connectivity index (χ0n) is 19.9. The maximum absolute atomic E-state index is 13.5. The molecular weight excluding hydrogens is 474 g/mol. The van der Waals surface area contributed by atoms with Crippen LogP contribution in [0, 0.1) is 0 Å². The van der Waals surface area contributed by atoms with E-state index in [0.29, 0.717) is 23.5 Å². The molecule has 1 N–H and O–H groups in total. The SMILES string of the molecule is CCCc1ccc(S(=O)(=O)NC(=O)C(Cc2ccc3ccccc3c2)c2ccc3c(c2)OCO3)cc1. The Balaban J connectivity index is 1.45. The Labute approximate surface area is 210 Å². The van der Waals surface area contributed by atoms with Crippen LogP contribution in [0.1, 0.15) is 36.0 Å². The Hall–Kier alpha value is -3.84. The maximum Gasteiger partial charge on any atom is 0.264 e. The van der Waals surface area contributed by atoms with Gasteiger partial charge in [-0.25, -0.2) is 13.1 Å². The van der Waals surface area contributed by atoms with E-state index in [1.807, 2.05) is 42.5 Å². The minimum atomic E-state index is -4.04. The van der Waals surface area contributed by atoms with Gasteiger partial charge in [0.1, 0.15) is 0 Å². The normalized spacial score (nSPS) is 13.5. The summed E-state index contributed by atoms with van der Waals surface area (Å²) in [5.74, 6) is -0.212. The smallest absolute Gasteiger partial charge is 0.264 e. The standard InChI is InChI=1S/C29H27NO5S/c1-2-5-20-9-13-25(14-10-20)36(32,33)30-29(31)26(24-12-15-27-28(18-24)35-19-34-27)17-21-8-11-22-6-3-4-7-23(22)16-21/h3-4,6-16,18,26H,2,5,17,19H2,1H3,(H,30,31). The van der Waals surface area contributed by atoms with E-state index in [1.54, 1.807) is 42.5 Å². The van der Waals surface area contributed by atoms with Gasteiger partial charge in [0.25, 0.3) is 10.0 Å². The van der Waals surface area contributed by atoms with Gasteiger partial charge in [-0.2, -0.15) is 0 Å². The molecule has 0 aromatic heterocycles. The summed E-state index contributed by atoms with van der Waals surface area (Å²) >= 11 is 0. The number of benzene rings is 4. The molecule has 0 aliphatic carbocycles. The molecule has 1 heterocycles. The molecule has 0 saturated carbocycles. The molecule has 0 saturated heterocycles. The first-order valence-electron chi connectivity index (χ1n) is 12.0. The van der Waals surface area contributed by atoms with Crippen molar-refractivity contribution in [1.29, 1.82) is 0 Å². The number of sulfonamides is 1. The highest BCUT2D eigenvalue weighted by Crippen LogP contribution is 2.36. The number of hydrogen-bond donors (Lipinski definition) is 1. The largest absolute Gasteiger partial charge is 0.454 e. The lowest BCUT2D eigenvalue weighted by atomic mass is 9.90. The zero-order chi connectivity index (χ0) is 25.1. The molecule has 0 spiro atoms. The van der Waals surface area contributed by atoms with Gasteiger partial charge >= 0.3 is 0 Å². The highest BCUT2D eigenvalue weighted by Gasteiger charge is 2.28. The van der Waals surface area contributed by atoms with Crippen LogP contribution in [-0.4, -0.2) is 21.1 Å². The van der Waals surface area contributed by atoms with Gasteiger partial charge in [-0.1, -0.05) is 74.0 Å². The first kappa shape index (κ1) is 23.9. The minimum Gasteiger partial charge on any atom is -0.454 e. The van der Waals surface area contributed by atoms with Gasteiger partial charge in [0.15, 0.2) is 11.5 Å². The number of rotatable bonds is 8. The van der Waals surface area contributed by atoms with Gasteiger partial charge in [0, 0.05) is 0 Å². The molecule has 1 aliphatic heterocycles. The first-order valence-corrected chi connectivity index (χ1v) is 13.4. The number of ether oxygens (including phenoxy) is 2. The van der Waals surface area contributed by atoms with E-state index in [1.165, 1.54) is 0 Å². The molecular formula is C29H27NO5S. The molecule has 184 valence electrons. The van der Waals surface area contributed by atoms with Crippen molar-refractivity contribution in [3.63, 3.8) is 0 Å². The minimum absolute atomic E-state index is 0.0610. The Morgan fingerprint density at radius 1 is 0.861 bits per heavy atom. The second-order valence-corrected chi connectivity index (χ2v) is 10.6. The lowest BCUT2D eigenvalue weighted by molar-refractivity contribution is -0.120. The van der Waals surface area contributed by atoms with E-state index in [9.17, 15) is 13.2 Å². The van der Waals surface area contributed by atoms with Crippen LogP contribution >= 0.6 is 0 Å². The average Bonchev–Trinajstić information content (AvgIpc) is 3.35. The fourth-order valence-electron chi connectivity index (χ4n) is 4.48.